The predicted molar refractivity (Wildman–Crippen MR) is 118 cm³/mol. The highest BCUT2D eigenvalue weighted by molar-refractivity contribution is 9.10. The SMILES string of the molecule is CCC(CC)OC(=O)N[C@@H]1CCCN2c3c(Br)cc(F)cc3Oc3ccccc3[C@@H]12. The molecule has 0 bridgehead atoms. The van der Waals surface area contributed by atoms with Gasteiger partial charge in [0, 0.05) is 22.6 Å². The number of alkyl carbamates (subject to hydrolysis) is 1. The van der Waals surface area contributed by atoms with Crippen molar-refractivity contribution in [2.24, 2.45) is 0 Å². The smallest absolute Gasteiger partial charge is 0.407 e. The summed E-state index contributed by atoms with van der Waals surface area (Å²) in [5, 5.41) is 3.10. The molecule has 2 aromatic rings. The molecule has 2 atom stereocenters. The number of hydrogen-bond acceptors (Lipinski definition) is 4. The van der Waals surface area contributed by atoms with Gasteiger partial charge in [0.05, 0.1) is 17.8 Å². The number of ether oxygens (including phenoxy) is 2. The number of para-hydroxylation sites is 1. The molecule has 0 radical (unpaired) electrons. The van der Waals surface area contributed by atoms with Crippen LogP contribution in [0.2, 0.25) is 0 Å². The van der Waals surface area contributed by atoms with Crippen molar-refractivity contribution in [3.8, 4) is 11.5 Å². The van der Waals surface area contributed by atoms with Crippen LogP contribution in [0.3, 0.4) is 0 Å². The third-order valence-electron chi connectivity index (χ3n) is 5.86. The summed E-state index contributed by atoms with van der Waals surface area (Å²) >= 11 is 3.52. The molecule has 2 aliphatic rings. The molecule has 4 rings (SSSR count). The number of anilines is 1. The fraction of sp³-hybridized carbons (Fsp3) is 0.435. The molecule has 1 amide bonds. The fourth-order valence-electron chi connectivity index (χ4n) is 4.41. The van der Waals surface area contributed by atoms with Crippen LogP contribution < -0.4 is 15.0 Å². The largest absolute Gasteiger partial charge is 0.455 e. The third-order valence-corrected chi connectivity index (χ3v) is 6.46. The molecule has 1 fully saturated rings. The Balaban J connectivity index is 1.73. The molecule has 2 aliphatic heterocycles. The molecule has 2 aromatic carbocycles. The summed E-state index contributed by atoms with van der Waals surface area (Å²) in [5.74, 6) is 0.778. The first-order valence-electron chi connectivity index (χ1n) is 10.5. The molecule has 0 spiro atoms. The molecule has 0 aromatic heterocycles. The van der Waals surface area contributed by atoms with Crippen LogP contribution >= 0.6 is 15.9 Å². The number of amides is 1. The maximum absolute atomic E-state index is 14.1. The number of nitrogens with one attached hydrogen (secondary N) is 1. The molecule has 160 valence electrons. The first-order valence-corrected chi connectivity index (χ1v) is 11.3. The topological polar surface area (TPSA) is 50.8 Å². The summed E-state index contributed by atoms with van der Waals surface area (Å²) in [4.78, 5) is 14.8. The molecule has 1 saturated heterocycles. The Labute approximate surface area is 184 Å². The number of carbonyl (C=O) groups is 1. The van der Waals surface area contributed by atoms with E-state index in [1.807, 2.05) is 38.1 Å². The normalized spacial score (nSPS) is 19.8. The van der Waals surface area contributed by atoms with E-state index in [9.17, 15) is 9.18 Å². The van der Waals surface area contributed by atoms with Crippen LogP contribution in [0.5, 0.6) is 11.5 Å². The number of benzene rings is 2. The van der Waals surface area contributed by atoms with E-state index in [-0.39, 0.29) is 24.0 Å². The first-order chi connectivity index (χ1) is 14.5. The van der Waals surface area contributed by atoms with Crippen molar-refractivity contribution in [1.82, 2.24) is 5.32 Å². The number of nitrogens with zero attached hydrogens (tertiary/aromatic N) is 1. The molecular formula is C23H26BrFN2O3. The highest BCUT2D eigenvalue weighted by Gasteiger charge is 2.40. The van der Waals surface area contributed by atoms with E-state index in [0.29, 0.717) is 16.0 Å². The average molecular weight is 477 g/mol. The molecule has 5 nitrogen and oxygen atoms in total. The first kappa shape index (κ1) is 21.0. The quantitative estimate of drug-likeness (QED) is 0.560. The van der Waals surface area contributed by atoms with Gasteiger partial charge in [-0.1, -0.05) is 32.0 Å². The van der Waals surface area contributed by atoms with Crippen LogP contribution in [0.25, 0.3) is 0 Å². The zero-order valence-corrected chi connectivity index (χ0v) is 18.7. The average Bonchev–Trinajstić information content (AvgIpc) is 2.86. The van der Waals surface area contributed by atoms with Gasteiger partial charge in [0.25, 0.3) is 0 Å². The standard InChI is InChI=1S/C23H26BrFN2O3/c1-3-15(4-2)29-23(28)26-18-9-7-11-27-21(18)16-8-5-6-10-19(16)30-20-13-14(25)12-17(24)22(20)27/h5-6,8,10,12-13,15,18,21H,3-4,7,9,11H2,1-2H3,(H,26,28)/t18-,21+/m1/s1. The van der Waals surface area contributed by atoms with Crippen LogP contribution in [-0.2, 0) is 4.74 Å². The molecule has 1 N–H and O–H groups in total. The summed E-state index contributed by atoms with van der Waals surface area (Å²) in [6, 6.07) is 10.3. The fourth-order valence-corrected chi connectivity index (χ4v) is 5.05. The van der Waals surface area contributed by atoms with Gasteiger partial charge in [0.15, 0.2) is 5.75 Å². The number of fused-ring (bicyclic) bond motifs is 5. The van der Waals surface area contributed by atoms with Crippen molar-refractivity contribution < 1.29 is 18.7 Å². The van der Waals surface area contributed by atoms with E-state index in [1.54, 1.807) is 0 Å². The lowest BCUT2D eigenvalue weighted by Crippen LogP contribution is -2.50. The number of hydrogen-bond donors (Lipinski definition) is 1. The van der Waals surface area contributed by atoms with Crippen molar-refractivity contribution in [1.29, 1.82) is 0 Å². The van der Waals surface area contributed by atoms with Gasteiger partial charge in [-0.25, -0.2) is 9.18 Å². The van der Waals surface area contributed by atoms with Crippen LogP contribution in [0.1, 0.15) is 51.1 Å². The Kier molecular flexibility index (Phi) is 6.18. The Morgan fingerprint density at radius 1 is 1.30 bits per heavy atom. The van der Waals surface area contributed by atoms with Gasteiger partial charge in [0.2, 0.25) is 0 Å². The highest BCUT2D eigenvalue weighted by atomic mass is 79.9. The predicted octanol–water partition coefficient (Wildman–Crippen LogP) is 6.32. The van der Waals surface area contributed by atoms with Crippen molar-refractivity contribution >= 4 is 27.7 Å². The summed E-state index contributed by atoms with van der Waals surface area (Å²) in [5.41, 5.74) is 1.77. The lowest BCUT2D eigenvalue weighted by molar-refractivity contribution is 0.0875. The van der Waals surface area contributed by atoms with Gasteiger partial charge in [-0.2, -0.15) is 0 Å². The van der Waals surface area contributed by atoms with Crippen LogP contribution in [0, 0.1) is 5.82 Å². The van der Waals surface area contributed by atoms with E-state index in [4.69, 9.17) is 9.47 Å². The zero-order valence-electron chi connectivity index (χ0n) is 17.2. The minimum absolute atomic E-state index is 0.0905. The second-order valence-corrected chi connectivity index (χ2v) is 8.60. The number of piperidine rings is 1. The Morgan fingerprint density at radius 3 is 2.83 bits per heavy atom. The monoisotopic (exact) mass is 476 g/mol. The minimum atomic E-state index is -0.392. The summed E-state index contributed by atoms with van der Waals surface area (Å²) in [7, 11) is 0. The van der Waals surface area contributed by atoms with E-state index in [0.717, 1.165) is 43.5 Å². The van der Waals surface area contributed by atoms with Gasteiger partial charge in [-0.05, 0) is 53.7 Å². The number of rotatable bonds is 4. The maximum atomic E-state index is 14.1. The molecule has 0 aliphatic carbocycles. The van der Waals surface area contributed by atoms with Gasteiger partial charge >= 0.3 is 6.09 Å². The number of halogens is 2. The lowest BCUT2D eigenvalue weighted by atomic mass is 9.89. The van der Waals surface area contributed by atoms with Crippen molar-refractivity contribution in [2.45, 2.75) is 57.7 Å². The van der Waals surface area contributed by atoms with Crippen LogP contribution in [0.4, 0.5) is 14.9 Å². The van der Waals surface area contributed by atoms with Gasteiger partial charge < -0.3 is 19.7 Å². The summed E-state index contributed by atoms with van der Waals surface area (Å²) < 4.78 is 26.5. The van der Waals surface area contributed by atoms with E-state index < -0.39 is 6.09 Å². The molecule has 7 heteroatoms. The highest BCUT2D eigenvalue weighted by Crippen LogP contribution is 2.50. The maximum Gasteiger partial charge on any atom is 0.407 e. The van der Waals surface area contributed by atoms with Crippen LogP contribution in [-0.4, -0.2) is 24.8 Å². The van der Waals surface area contributed by atoms with Crippen molar-refractivity contribution in [2.75, 3.05) is 11.4 Å². The third kappa shape index (κ3) is 4.00. The minimum Gasteiger partial charge on any atom is -0.455 e. The van der Waals surface area contributed by atoms with E-state index in [2.05, 4.69) is 26.1 Å². The number of carbonyl (C=O) groups excluding carboxylic acids is 1. The van der Waals surface area contributed by atoms with Gasteiger partial charge in [-0.15, -0.1) is 0 Å². The molecule has 30 heavy (non-hydrogen) atoms. The molecule has 2 heterocycles. The zero-order chi connectivity index (χ0) is 21.3. The van der Waals surface area contributed by atoms with E-state index >= 15 is 0 Å². The van der Waals surface area contributed by atoms with E-state index in [1.165, 1.54) is 12.1 Å². The Morgan fingerprint density at radius 2 is 2.07 bits per heavy atom. The molecule has 0 unspecified atom stereocenters. The molecular weight excluding hydrogens is 451 g/mol. The summed E-state index contributed by atoms with van der Waals surface area (Å²) in [6.07, 6.45) is 2.79. The van der Waals surface area contributed by atoms with Gasteiger partial charge in [0.1, 0.15) is 17.7 Å². The second-order valence-electron chi connectivity index (χ2n) is 7.75. The van der Waals surface area contributed by atoms with Crippen LogP contribution in [0.15, 0.2) is 40.9 Å². The summed E-state index contributed by atoms with van der Waals surface area (Å²) in [6.45, 7) is 4.80. The molecule has 0 saturated carbocycles. The van der Waals surface area contributed by atoms with Gasteiger partial charge in [-0.3, -0.25) is 0 Å². The Hall–Kier alpha value is -2.28. The van der Waals surface area contributed by atoms with Crippen molar-refractivity contribution in [3.05, 3.63) is 52.3 Å². The Bertz CT molecular complexity index is 935. The lowest BCUT2D eigenvalue weighted by Gasteiger charge is -2.42. The second kappa shape index (κ2) is 8.84. The van der Waals surface area contributed by atoms with Crippen molar-refractivity contribution in [3.63, 3.8) is 0 Å².